The first-order valence-electron chi connectivity index (χ1n) is 6.18. The van der Waals surface area contributed by atoms with E-state index < -0.39 is 0 Å². The Kier molecular flexibility index (Phi) is 4.44. The number of nitrogens with two attached hydrogens (primary N) is 1. The summed E-state index contributed by atoms with van der Waals surface area (Å²) in [6.07, 6.45) is 4.16. The summed E-state index contributed by atoms with van der Waals surface area (Å²) < 4.78 is 7.94. The maximum absolute atomic E-state index is 12.1. The van der Waals surface area contributed by atoms with Crippen LogP contribution in [0.25, 0.3) is 0 Å². The Labute approximate surface area is 125 Å². The van der Waals surface area contributed by atoms with E-state index in [-0.39, 0.29) is 12.6 Å². The number of nitrogens with zero attached hydrogens (tertiary/aromatic N) is 2. The molecule has 0 amide bonds. The number of imidazole rings is 1. The predicted octanol–water partition coefficient (Wildman–Crippen LogP) is 2.47. The van der Waals surface area contributed by atoms with E-state index in [1.165, 1.54) is 0 Å². The second-order valence-electron chi connectivity index (χ2n) is 4.51. The van der Waals surface area contributed by atoms with Crippen molar-refractivity contribution < 1.29 is 9.53 Å². The van der Waals surface area contributed by atoms with Gasteiger partial charge in [-0.3, -0.25) is 0 Å². The summed E-state index contributed by atoms with van der Waals surface area (Å²) in [5.74, 6) is 0.507. The van der Waals surface area contributed by atoms with Crippen LogP contribution in [0.15, 0.2) is 29.0 Å². The average molecular weight is 338 g/mol. The van der Waals surface area contributed by atoms with E-state index in [2.05, 4.69) is 20.9 Å². The normalized spacial score (nSPS) is 10.6. The first kappa shape index (κ1) is 14.6. The number of esters is 1. The van der Waals surface area contributed by atoms with Crippen molar-refractivity contribution in [2.45, 2.75) is 13.3 Å². The predicted molar refractivity (Wildman–Crippen MR) is 80.5 cm³/mol. The van der Waals surface area contributed by atoms with Crippen molar-refractivity contribution in [1.29, 1.82) is 0 Å². The Balaban J connectivity index is 2.01. The number of aromatic nitrogens is 2. The summed E-state index contributed by atoms with van der Waals surface area (Å²) in [5.41, 5.74) is 7.61. The summed E-state index contributed by atoms with van der Waals surface area (Å²) >= 11 is 3.32. The summed E-state index contributed by atoms with van der Waals surface area (Å²) in [6, 6.07) is 3.48. The molecule has 2 rings (SSSR count). The highest BCUT2D eigenvalue weighted by molar-refractivity contribution is 9.10. The molecule has 6 heteroatoms. The molecule has 2 aromatic rings. The van der Waals surface area contributed by atoms with Crippen LogP contribution in [-0.2, 0) is 18.2 Å². The van der Waals surface area contributed by atoms with Gasteiger partial charge in [0.1, 0.15) is 5.82 Å². The average Bonchev–Trinajstić information content (AvgIpc) is 2.79. The number of hydrogen-bond acceptors (Lipinski definition) is 4. The van der Waals surface area contributed by atoms with Gasteiger partial charge in [-0.05, 0) is 24.6 Å². The molecule has 0 aliphatic rings. The van der Waals surface area contributed by atoms with E-state index in [0.29, 0.717) is 17.7 Å². The van der Waals surface area contributed by atoms with Crippen LogP contribution >= 0.6 is 15.9 Å². The molecule has 0 atom stereocenters. The molecular weight excluding hydrogens is 322 g/mol. The van der Waals surface area contributed by atoms with Gasteiger partial charge < -0.3 is 15.0 Å². The van der Waals surface area contributed by atoms with Crippen molar-refractivity contribution in [2.75, 3.05) is 12.3 Å². The zero-order valence-corrected chi connectivity index (χ0v) is 13.0. The summed E-state index contributed by atoms with van der Waals surface area (Å²) in [4.78, 5) is 16.2. The second kappa shape index (κ2) is 6.09. The van der Waals surface area contributed by atoms with Crippen LogP contribution in [0.3, 0.4) is 0 Å². The van der Waals surface area contributed by atoms with Gasteiger partial charge in [0.25, 0.3) is 0 Å². The maximum Gasteiger partial charge on any atom is 0.338 e. The molecule has 0 fully saturated rings. The lowest BCUT2D eigenvalue weighted by Gasteiger charge is -2.10. The van der Waals surface area contributed by atoms with Gasteiger partial charge in [0.05, 0.1) is 12.2 Å². The van der Waals surface area contributed by atoms with Crippen molar-refractivity contribution in [1.82, 2.24) is 9.55 Å². The fourth-order valence-electron chi connectivity index (χ4n) is 1.86. The molecule has 0 spiro atoms. The minimum Gasteiger partial charge on any atom is -0.462 e. The highest BCUT2D eigenvalue weighted by Crippen LogP contribution is 2.23. The highest BCUT2D eigenvalue weighted by Gasteiger charge is 2.14. The molecule has 0 aliphatic carbocycles. The SMILES string of the molecule is Cc1c(N)cc(Br)cc1C(=O)OCCc1nccn1C. The van der Waals surface area contributed by atoms with Crippen LogP contribution in [0.2, 0.25) is 0 Å². The van der Waals surface area contributed by atoms with Crippen LogP contribution in [0.1, 0.15) is 21.7 Å². The standard InChI is InChI=1S/C14H16BrN3O2/c1-9-11(7-10(15)8-12(9)16)14(19)20-6-3-13-17-4-5-18(13)2/h4-5,7-8H,3,6,16H2,1-2H3. The molecule has 0 aliphatic heterocycles. The number of nitrogen functional groups attached to an aromatic ring is 1. The molecule has 2 N–H and O–H groups in total. The Morgan fingerprint density at radius 2 is 2.25 bits per heavy atom. The van der Waals surface area contributed by atoms with Crippen molar-refractivity contribution in [3.05, 3.63) is 46.0 Å². The fraction of sp³-hybridized carbons (Fsp3) is 0.286. The molecule has 0 unspecified atom stereocenters. The van der Waals surface area contributed by atoms with Crippen LogP contribution in [0, 0.1) is 6.92 Å². The molecule has 0 saturated heterocycles. The zero-order chi connectivity index (χ0) is 14.7. The lowest BCUT2D eigenvalue weighted by Crippen LogP contribution is -2.12. The number of carbonyl (C=O) groups is 1. The van der Waals surface area contributed by atoms with E-state index in [0.717, 1.165) is 15.9 Å². The van der Waals surface area contributed by atoms with Crippen LogP contribution < -0.4 is 5.73 Å². The molecule has 0 radical (unpaired) electrons. The number of benzene rings is 1. The molecule has 5 nitrogen and oxygen atoms in total. The van der Waals surface area contributed by atoms with Crippen molar-refractivity contribution >= 4 is 27.6 Å². The molecule has 1 aromatic heterocycles. The van der Waals surface area contributed by atoms with Crippen LogP contribution in [0.5, 0.6) is 0 Å². The second-order valence-corrected chi connectivity index (χ2v) is 5.42. The number of anilines is 1. The van der Waals surface area contributed by atoms with E-state index in [1.807, 2.05) is 17.8 Å². The summed E-state index contributed by atoms with van der Waals surface area (Å²) in [7, 11) is 1.91. The first-order chi connectivity index (χ1) is 9.49. The number of ether oxygens (including phenoxy) is 1. The minimum absolute atomic E-state index is 0.287. The molecule has 20 heavy (non-hydrogen) atoms. The van der Waals surface area contributed by atoms with Crippen LogP contribution in [-0.4, -0.2) is 22.1 Å². The lowest BCUT2D eigenvalue weighted by molar-refractivity contribution is 0.0506. The van der Waals surface area contributed by atoms with Gasteiger partial charge >= 0.3 is 5.97 Å². The molecule has 1 heterocycles. The number of hydrogen-bond donors (Lipinski definition) is 1. The van der Waals surface area contributed by atoms with Gasteiger partial charge in [-0.1, -0.05) is 15.9 Å². The highest BCUT2D eigenvalue weighted by atomic mass is 79.9. The van der Waals surface area contributed by atoms with Gasteiger partial charge in [-0.25, -0.2) is 9.78 Å². The quantitative estimate of drug-likeness (QED) is 0.687. The third kappa shape index (κ3) is 3.19. The van der Waals surface area contributed by atoms with Gasteiger partial charge in [0, 0.05) is 36.0 Å². The minimum atomic E-state index is -0.371. The zero-order valence-electron chi connectivity index (χ0n) is 11.4. The van der Waals surface area contributed by atoms with Crippen molar-refractivity contribution in [3.8, 4) is 0 Å². The molecule has 1 aromatic carbocycles. The van der Waals surface area contributed by atoms with Gasteiger partial charge in [0.15, 0.2) is 0 Å². The third-order valence-corrected chi connectivity index (χ3v) is 3.57. The molecule has 106 valence electrons. The maximum atomic E-state index is 12.1. The Morgan fingerprint density at radius 3 is 2.90 bits per heavy atom. The topological polar surface area (TPSA) is 70.1 Å². The number of carbonyl (C=O) groups excluding carboxylic acids is 1. The van der Waals surface area contributed by atoms with E-state index in [1.54, 1.807) is 25.3 Å². The summed E-state index contributed by atoms with van der Waals surface area (Å²) in [6.45, 7) is 2.09. The summed E-state index contributed by atoms with van der Waals surface area (Å²) in [5, 5.41) is 0. The lowest BCUT2D eigenvalue weighted by atomic mass is 10.1. The van der Waals surface area contributed by atoms with E-state index in [4.69, 9.17) is 10.5 Å². The smallest absolute Gasteiger partial charge is 0.338 e. The molecule has 0 bridgehead atoms. The first-order valence-corrected chi connectivity index (χ1v) is 6.97. The van der Waals surface area contributed by atoms with Gasteiger partial charge in [-0.15, -0.1) is 0 Å². The Hall–Kier alpha value is -1.82. The van der Waals surface area contributed by atoms with E-state index >= 15 is 0 Å². The number of halogens is 1. The Morgan fingerprint density at radius 1 is 1.50 bits per heavy atom. The largest absolute Gasteiger partial charge is 0.462 e. The van der Waals surface area contributed by atoms with Gasteiger partial charge in [0.2, 0.25) is 0 Å². The fourth-order valence-corrected chi connectivity index (χ4v) is 2.34. The third-order valence-electron chi connectivity index (χ3n) is 3.11. The monoisotopic (exact) mass is 337 g/mol. The van der Waals surface area contributed by atoms with Crippen LogP contribution in [0.4, 0.5) is 5.69 Å². The Bertz CT molecular complexity index is 637. The molecular formula is C14H16BrN3O2. The number of aryl methyl sites for hydroxylation is 1. The van der Waals surface area contributed by atoms with E-state index in [9.17, 15) is 4.79 Å². The molecule has 0 saturated carbocycles. The van der Waals surface area contributed by atoms with Gasteiger partial charge in [-0.2, -0.15) is 0 Å². The van der Waals surface area contributed by atoms with Crippen molar-refractivity contribution in [3.63, 3.8) is 0 Å². The van der Waals surface area contributed by atoms with Crippen molar-refractivity contribution in [2.24, 2.45) is 7.05 Å². The number of rotatable bonds is 4.